The van der Waals surface area contributed by atoms with E-state index in [4.69, 9.17) is 15.0 Å². The van der Waals surface area contributed by atoms with Gasteiger partial charge in [0.2, 0.25) is 35.4 Å². The molecule has 5 aromatic rings. The van der Waals surface area contributed by atoms with Gasteiger partial charge in [0.25, 0.3) is 0 Å². The Morgan fingerprint density at radius 1 is 0.584 bits per heavy atom. The summed E-state index contributed by atoms with van der Waals surface area (Å²) in [6.07, 6.45) is -5.37. The quantitative estimate of drug-likeness (QED) is 0.0353. The molecule has 6 amide bonds. The Bertz CT molecular complexity index is 3230. The largest absolute Gasteiger partial charge is 0.492 e. The molecule has 0 unspecified atom stereocenters. The first-order valence-corrected chi connectivity index (χ1v) is 29.2. The lowest BCUT2D eigenvalue weighted by Crippen LogP contribution is -2.59. The zero-order valence-corrected chi connectivity index (χ0v) is 50.1. The van der Waals surface area contributed by atoms with Crippen LogP contribution in [0, 0.1) is 18.8 Å². The van der Waals surface area contributed by atoms with E-state index in [1.54, 1.807) is 40.7 Å². The molecule has 0 spiro atoms. The van der Waals surface area contributed by atoms with Crippen molar-refractivity contribution in [2.24, 2.45) is 17.0 Å². The summed E-state index contributed by atoms with van der Waals surface area (Å²) in [4.78, 5) is 83.0. The Hall–Kier alpha value is -8.75. The first-order chi connectivity index (χ1) is 42.4. The highest BCUT2D eigenvalue weighted by Crippen LogP contribution is 2.31. The summed E-state index contributed by atoms with van der Waals surface area (Å²) < 4.78 is 93.8. The van der Waals surface area contributed by atoms with Crippen LogP contribution in [-0.4, -0.2) is 133 Å². The molecule has 0 saturated heterocycles. The van der Waals surface area contributed by atoms with Gasteiger partial charge in [-0.25, -0.2) is 4.68 Å². The highest BCUT2D eigenvalue weighted by molar-refractivity contribution is 5.94. The van der Waals surface area contributed by atoms with Gasteiger partial charge in [0, 0.05) is 31.1 Å². The van der Waals surface area contributed by atoms with E-state index in [1.165, 1.54) is 35.1 Å². The number of alkyl halides is 6. The molecule has 89 heavy (non-hydrogen) atoms. The summed E-state index contributed by atoms with van der Waals surface area (Å²) in [5.41, 5.74) is 10.2. The highest BCUT2D eigenvalue weighted by Gasteiger charge is 2.36. The molecule has 0 radical (unpaired) electrons. The smallest absolute Gasteiger partial charge is 0.416 e. The van der Waals surface area contributed by atoms with Crippen LogP contribution in [0.25, 0.3) is 10.4 Å². The van der Waals surface area contributed by atoms with Gasteiger partial charge in [0.05, 0.1) is 48.2 Å². The van der Waals surface area contributed by atoms with Crippen molar-refractivity contribution in [1.29, 1.82) is 0 Å². The zero-order chi connectivity index (χ0) is 64.7. The van der Waals surface area contributed by atoms with E-state index in [-0.39, 0.29) is 63.7 Å². The number of carbonyl (C=O) groups excluding carboxylic acids is 6. The molecule has 0 fully saturated rings. The number of para-hydroxylation sites is 2. The number of nitrogens with one attached hydrogen (secondary N) is 8. The summed E-state index contributed by atoms with van der Waals surface area (Å²) in [5, 5.41) is 33.9. The zero-order valence-electron chi connectivity index (χ0n) is 50.1. The van der Waals surface area contributed by atoms with E-state index in [0.717, 1.165) is 35.4 Å². The molecular formula is C61H76F6N14O8. The van der Waals surface area contributed by atoms with Crippen LogP contribution in [0.2, 0.25) is 0 Å². The van der Waals surface area contributed by atoms with Crippen molar-refractivity contribution in [3.8, 4) is 11.5 Å². The number of aryl methyl sites for hydroxylation is 3. The van der Waals surface area contributed by atoms with Crippen LogP contribution in [0.15, 0.2) is 108 Å². The standard InChI is InChI=1S/C32H40F3N7O4.C29H36F3N7O4/c1-20(2)28-31(45)39-26(19-42-21(3)18-38-41-42)29(43)37-13-7-10-23-9-4-5-12-27(23)46-15-14-36-25(30(44)40-28)17-22-8-6-11-24(16-22)32(33,34)35;1-18(2)25-28(42)37-23(17-36-39-33)26(40)35-12-6-9-20-8-3-4-11-24(20)43-14-13-34-22(27(41)38-25)16-19-7-5-10-21(15-19)29(30,31)32/h4-6,8-9,11-12,16,18,20,25-26,28,36H,7,10,13-15,17,19H2,1-3H3,(H,37,43)(H,39,45)(H,40,44);3-5,7-8,10-11,15,18,22-23,25,34H,6,9,12-14,16-17H2,1-2H3,(H,35,40)(H,37,42)(H,38,41)/t25-,26+,28-;22-,23+,25-/m11/s1. The molecule has 4 aromatic carbocycles. The van der Waals surface area contributed by atoms with Gasteiger partial charge in [-0.2, -0.15) is 26.3 Å². The number of benzene rings is 4. The maximum absolute atomic E-state index is 13.7. The van der Waals surface area contributed by atoms with Crippen LogP contribution in [0.4, 0.5) is 26.3 Å². The average molecular weight is 1250 g/mol. The SMILES string of the molecule is CC(C)[C@H]1NC(=O)[C@@H](Cc2cccc(C(F)(F)F)c2)NCCOc2ccccc2CCCNC(=O)[C@H](CN=[N+]=[N-])NC1=O.Cc1cnnn1C[C@@H]1NC(=O)[C@@H](C(C)C)NC(=O)[C@@H](Cc2cccc(C(F)(F)F)c2)NCCOc2ccccc2CCCNC1=O. The molecule has 480 valence electrons. The second kappa shape index (κ2) is 33.6. The van der Waals surface area contributed by atoms with Crippen molar-refractivity contribution < 1.29 is 64.6 Å². The minimum absolute atomic E-state index is 0.0125. The normalized spacial score (nSPS) is 21.0. The first kappa shape index (κ1) is 69.4. The monoisotopic (exact) mass is 1250 g/mol. The van der Waals surface area contributed by atoms with E-state index < -0.39 is 101 Å². The van der Waals surface area contributed by atoms with Gasteiger partial charge in [0.15, 0.2) is 0 Å². The molecule has 22 nitrogen and oxygen atoms in total. The van der Waals surface area contributed by atoms with Gasteiger partial charge in [-0.05, 0) is 109 Å². The predicted octanol–water partition coefficient (Wildman–Crippen LogP) is 5.86. The van der Waals surface area contributed by atoms with Crippen LogP contribution >= 0.6 is 0 Å². The number of rotatable bonds is 10. The maximum atomic E-state index is 13.7. The number of carbonyl (C=O) groups is 6. The Labute approximate surface area is 511 Å². The first-order valence-electron chi connectivity index (χ1n) is 29.2. The summed E-state index contributed by atoms with van der Waals surface area (Å²) in [6, 6.07) is 18.0. The summed E-state index contributed by atoms with van der Waals surface area (Å²) in [7, 11) is 0. The van der Waals surface area contributed by atoms with E-state index >= 15 is 0 Å². The fourth-order valence-corrected chi connectivity index (χ4v) is 9.72. The predicted molar refractivity (Wildman–Crippen MR) is 317 cm³/mol. The van der Waals surface area contributed by atoms with Crippen molar-refractivity contribution in [3.63, 3.8) is 0 Å². The molecule has 1 aromatic heterocycles. The fraction of sp³-hybridized carbons (Fsp3) is 0.475. The van der Waals surface area contributed by atoms with Crippen LogP contribution in [0.5, 0.6) is 11.5 Å². The Kier molecular flexibility index (Phi) is 26.1. The van der Waals surface area contributed by atoms with E-state index in [1.807, 2.05) is 42.5 Å². The lowest BCUT2D eigenvalue weighted by Gasteiger charge is -2.28. The maximum Gasteiger partial charge on any atom is 0.416 e. The van der Waals surface area contributed by atoms with Gasteiger partial charge >= 0.3 is 12.4 Å². The molecule has 7 rings (SSSR count). The molecular weight excluding hydrogens is 1170 g/mol. The molecule has 8 N–H and O–H groups in total. The van der Waals surface area contributed by atoms with E-state index in [9.17, 15) is 55.1 Å². The van der Waals surface area contributed by atoms with Crippen molar-refractivity contribution in [2.45, 2.75) is 128 Å². The minimum Gasteiger partial charge on any atom is -0.492 e. The van der Waals surface area contributed by atoms with Gasteiger partial charge in [0.1, 0.15) is 48.9 Å². The molecule has 0 aliphatic carbocycles. The number of azide groups is 1. The summed E-state index contributed by atoms with van der Waals surface area (Å²) in [6.45, 7) is 9.69. The lowest BCUT2D eigenvalue weighted by molar-refractivity contribution is -0.138. The highest BCUT2D eigenvalue weighted by atomic mass is 19.4. The number of ether oxygens (including phenoxy) is 2. The third-order valence-electron chi connectivity index (χ3n) is 14.6. The number of amides is 6. The van der Waals surface area contributed by atoms with Crippen molar-refractivity contribution in [2.75, 3.05) is 45.9 Å². The summed E-state index contributed by atoms with van der Waals surface area (Å²) in [5.74, 6) is -2.97. The molecule has 2 aliphatic rings. The topological polar surface area (TPSA) is 297 Å². The van der Waals surface area contributed by atoms with Crippen molar-refractivity contribution >= 4 is 35.4 Å². The lowest BCUT2D eigenvalue weighted by atomic mass is 9.99. The molecule has 6 atom stereocenters. The van der Waals surface area contributed by atoms with Crippen molar-refractivity contribution in [3.05, 3.63) is 153 Å². The number of nitrogens with zero attached hydrogens (tertiary/aromatic N) is 6. The van der Waals surface area contributed by atoms with Gasteiger partial charge in [-0.1, -0.05) is 111 Å². The Balaban J connectivity index is 0.000000284. The number of hydrogen-bond acceptors (Lipinski definition) is 13. The van der Waals surface area contributed by atoms with Crippen LogP contribution in [-0.2, 0) is 73.3 Å². The second-order valence-corrected chi connectivity index (χ2v) is 22.1. The number of halogens is 6. The molecule has 28 heteroatoms. The van der Waals surface area contributed by atoms with E-state index in [0.29, 0.717) is 61.5 Å². The van der Waals surface area contributed by atoms with Gasteiger partial charge < -0.3 is 52.0 Å². The average Bonchev–Trinajstić information content (AvgIpc) is 3.47. The molecule has 2 aliphatic heterocycles. The molecule has 0 bridgehead atoms. The molecule has 0 saturated carbocycles. The fourth-order valence-electron chi connectivity index (χ4n) is 9.72. The Morgan fingerprint density at radius 3 is 1.46 bits per heavy atom. The van der Waals surface area contributed by atoms with Crippen LogP contribution in [0.3, 0.4) is 0 Å². The second-order valence-electron chi connectivity index (χ2n) is 22.1. The number of hydrogen-bond donors (Lipinski definition) is 8. The van der Waals surface area contributed by atoms with Crippen LogP contribution < -0.4 is 52.0 Å². The van der Waals surface area contributed by atoms with E-state index in [2.05, 4.69) is 62.9 Å². The summed E-state index contributed by atoms with van der Waals surface area (Å²) >= 11 is 0. The third-order valence-corrected chi connectivity index (χ3v) is 14.6. The van der Waals surface area contributed by atoms with Gasteiger partial charge in [-0.15, -0.1) is 5.10 Å². The molecule has 3 heterocycles. The van der Waals surface area contributed by atoms with Crippen LogP contribution in [0.1, 0.15) is 79.6 Å². The Morgan fingerprint density at radius 2 is 1.03 bits per heavy atom. The number of fused-ring (bicyclic) bond motifs is 2. The van der Waals surface area contributed by atoms with Crippen molar-refractivity contribution in [1.82, 2.24) is 57.5 Å². The minimum atomic E-state index is -4.55. The third kappa shape index (κ3) is 21.8. The van der Waals surface area contributed by atoms with Gasteiger partial charge in [-0.3, -0.25) is 28.8 Å². The number of aromatic nitrogens is 3.